The van der Waals surface area contributed by atoms with Crippen LogP contribution in [0.5, 0.6) is 0 Å². The van der Waals surface area contributed by atoms with Gasteiger partial charge in [-0.25, -0.2) is 4.79 Å². The molecule has 0 saturated heterocycles. The molecule has 4 aliphatic rings. The van der Waals surface area contributed by atoms with Crippen LogP contribution >= 0.6 is 0 Å². The van der Waals surface area contributed by atoms with Crippen LogP contribution < -0.4 is 21.3 Å². The van der Waals surface area contributed by atoms with Crippen molar-refractivity contribution in [1.29, 1.82) is 0 Å². The zero-order chi connectivity index (χ0) is 17.0. The molecular formula is C18H32N4O2. The number of rotatable bonds is 8. The van der Waals surface area contributed by atoms with Crippen LogP contribution in [-0.4, -0.2) is 44.2 Å². The molecule has 24 heavy (non-hydrogen) atoms. The highest BCUT2D eigenvalue weighted by molar-refractivity contribution is 5.78. The fourth-order valence-electron chi connectivity index (χ4n) is 5.42. The van der Waals surface area contributed by atoms with E-state index in [1.807, 2.05) is 7.05 Å². The Labute approximate surface area is 144 Å². The minimum atomic E-state index is -0.0973. The lowest BCUT2D eigenvalue weighted by Crippen LogP contribution is -2.61. The summed E-state index contributed by atoms with van der Waals surface area (Å²) in [6, 6.07) is -0.0973. The van der Waals surface area contributed by atoms with E-state index in [0.717, 1.165) is 50.0 Å². The first-order chi connectivity index (χ1) is 11.6. The van der Waals surface area contributed by atoms with Gasteiger partial charge < -0.3 is 21.3 Å². The van der Waals surface area contributed by atoms with Crippen LogP contribution in [0.3, 0.4) is 0 Å². The summed E-state index contributed by atoms with van der Waals surface area (Å²) in [7, 11) is 1.90. The largest absolute Gasteiger partial charge is 0.356 e. The molecule has 6 heteroatoms. The van der Waals surface area contributed by atoms with Gasteiger partial charge in [0, 0.05) is 25.0 Å². The number of carbonyl (C=O) groups excluding carboxylic acids is 2. The lowest BCUT2D eigenvalue weighted by Gasteiger charge is -2.56. The fraction of sp³-hybridized carbons (Fsp3) is 0.889. The summed E-state index contributed by atoms with van der Waals surface area (Å²) in [5.74, 6) is 2.46. The van der Waals surface area contributed by atoms with Crippen molar-refractivity contribution in [2.45, 2.75) is 56.9 Å². The molecule has 0 radical (unpaired) electrons. The molecule has 0 aromatic heterocycles. The maximum absolute atomic E-state index is 12.2. The summed E-state index contributed by atoms with van der Waals surface area (Å²) in [5, 5.41) is 12.0. The standard InChI is InChI=1S/C18H32N4O2/c1-19-4-2-5-20-16(23)3-6-21-17(24)22-18-10-13-7-14(11-18)9-15(8-13)12-18/h13-15,19H,2-12H2,1H3,(H,20,23)(H2,21,22,24). The van der Waals surface area contributed by atoms with E-state index in [9.17, 15) is 9.59 Å². The molecule has 4 rings (SSSR count). The molecule has 0 aliphatic heterocycles. The highest BCUT2D eigenvalue weighted by atomic mass is 16.2. The van der Waals surface area contributed by atoms with E-state index in [1.54, 1.807) is 0 Å². The molecule has 6 nitrogen and oxygen atoms in total. The van der Waals surface area contributed by atoms with E-state index in [-0.39, 0.29) is 17.5 Å². The Kier molecular flexibility index (Phi) is 5.64. The van der Waals surface area contributed by atoms with Crippen LogP contribution in [0.2, 0.25) is 0 Å². The van der Waals surface area contributed by atoms with Gasteiger partial charge in [-0.15, -0.1) is 0 Å². The lowest BCUT2D eigenvalue weighted by atomic mass is 9.53. The van der Waals surface area contributed by atoms with Crippen molar-refractivity contribution in [3.05, 3.63) is 0 Å². The van der Waals surface area contributed by atoms with Gasteiger partial charge in [0.15, 0.2) is 0 Å². The van der Waals surface area contributed by atoms with Crippen molar-refractivity contribution in [2.24, 2.45) is 17.8 Å². The first kappa shape index (κ1) is 17.5. The Balaban J connectivity index is 1.34. The van der Waals surface area contributed by atoms with Crippen LogP contribution in [0.25, 0.3) is 0 Å². The molecule has 4 aliphatic carbocycles. The first-order valence-corrected chi connectivity index (χ1v) is 9.56. The Bertz CT molecular complexity index is 431. The SMILES string of the molecule is CNCCCNC(=O)CCNC(=O)NC12CC3CC(CC(C3)C1)C2. The normalized spacial score (nSPS) is 33.3. The number of amides is 3. The van der Waals surface area contributed by atoms with Crippen molar-refractivity contribution in [3.63, 3.8) is 0 Å². The van der Waals surface area contributed by atoms with Crippen LogP contribution in [0.1, 0.15) is 51.4 Å². The van der Waals surface area contributed by atoms with Gasteiger partial charge in [-0.3, -0.25) is 4.79 Å². The van der Waals surface area contributed by atoms with Gasteiger partial charge in [-0.2, -0.15) is 0 Å². The Hall–Kier alpha value is -1.30. The quantitative estimate of drug-likeness (QED) is 0.505. The maximum Gasteiger partial charge on any atom is 0.315 e. The number of nitrogens with one attached hydrogen (secondary N) is 4. The predicted octanol–water partition coefficient (Wildman–Crippen LogP) is 1.37. The van der Waals surface area contributed by atoms with Crippen LogP contribution in [0.4, 0.5) is 4.79 Å². The second kappa shape index (κ2) is 7.72. The van der Waals surface area contributed by atoms with Gasteiger partial charge in [0.05, 0.1) is 0 Å². The first-order valence-electron chi connectivity index (χ1n) is 9.56. The minimum Gasteiger partial charge on any atom is -0.356 e. The predicted molar refractivity (Wildman–Crippen MR) is 93.6 cm³/mol. The van der Waals surface area contributed by atoms with Crippen molar-refractivity contribution in [2.75, 3.05) is 26.7 Å². The molecule has 136 valence electrons. The van der Waals surface area contributed by atoms with Gasteiger partial charge in [0.1, 0.15) is 0 Å². The zero-order valence-corrected chi connectivity index (χ0v) is 14.8. The number of carbonyl (C=O) groups is 2. The van der Waals surface area contributed by atoms with Gasteiger partial charge >= 0.3 is 6.03 Å². The summed E-state index contributed by atoms with van der Waals surface area (Å²) < 4.78 is 0. The van der Waals surface area contributed by atoms with E-state index < -0.39 is 0 Å². The lowest BCUT2D eigenvalue weighted by molar-refractivity contribution is -0.120. The van der Waals surface area contributed by atoms with Gasteiger partial charge in [0.2, 0.25) is 5.91 Å². The molecule has 4 saturated carbocycles. The molecule has 3 amide bonds. The van der Waals surface area contributed by atoms with E-state index in [2.05, 4.69) is 21.3 Å². The fourth-order valence-corrected chi connectivity index (χ4v) is 5.42. The van der Waals surface area contributed by atoms with Gasteiger partial charge in [-0.05, 0) is 76.3 Å². The monoisotopic (exact) mass is 336 g/mol. The van der Waals surface area contributed by atoms with Gasteiger partial charge in [-0.1, -0.05) is 0 Å². The molecule has 0 unspecified atom stereocenters. The minimum absolute atomic E-state index is 0.00112. The summed E-state index contributed by atoms with van der Waals surface area (Å²) in [6.07, 6.45) is 8.83. The van der Waals surface area contributed by atoms with E-state index in [1.165, 1.54) is 19.3 Å². The summed E-state index contributed by atoms with van der Waals surface area (Å²) in [6.45, 7) is 1.97. The van der Waals surface area contributed by atoms with Crippen LogP contribution in [0, 0.1) is 17.8 Å². The summed E-state index contributed by atoms with van der Waals surface area (Å²) in [4.78, 5) is 23.9. The number of hydrogen-bond donors (Lipinski definition) is 4. The Morgan fingerprint density at radius 1 is 0.917 bits per heavy atom. The van der Waals surface area contributed by atoms with Crippen molar-refractivity contribution < 1.29 is 9.59 Å². The summed E-state index contributed by atoms with van der Waals surface area (Å²) >= 11 is 0. The Morgan fingerprint density at radius 2 is 1.54 bits per heavy atom. The molecule has 4 N–H and O–H groups in total. The molecule has 0 atom stereocenters. The smallest absolute Gasteiger partial charge is 0.315 e. The highest BCUT2D eigenvalue weighted by Crippen LogP contribution is 2.55. The second-order valence-electron chi connectivity index (χ2n) is 8.14. The molecule has 4 fully saturated rings. The average molecular weight is 336 g/mol. The summed E-state index contributed by atoms with van der Waals surface area (Å²) in [5.41, 5.74) is 0.0360. The third kappa shape index (κ3) is 4.41. The third-order valence-electron chi connectivity index (χ3n) is 5.98. The zero-order valence-electron chi connectivity index (χ0n) is 14.8. The topological polar surface area (TPSA) is 82.3 Å². The van der Waals surface area contributed by atoms with E-state index >= 15 is 0 Å². The number of hydrogen-bond acceptors (Lipinski definition) is 3. The molecular weight excluding hydrogens is 304 g/mol. The highest BCUT2D eigenvalue weighted by Gasteiger charge is 2.51. The van der Waals surface area contributed by atoms with Crippen LogP contribution in [-0.2, 0) is 4.79 Å². The van der Waals surface area contributed by atoms with Gasteiger partial charge in [0.25, 0.3) is 0 Å². The third-order valence-corrected chi connectivity index (χ3v) is 5.98. The van der Waals surface area contributed by atoms with Crippen molar-refractivity contribution in [3.8, 4) is 0 Å². The van der Waals surface area contributed by atoms with E-state index in [4.69, 9.17) is 0 Å². The van der Waals surface area contributed by atoms with E-state index in [0.29, 0.717) is 19.5 Å². The molecule has 0 aromatic carbocycles. The molecule has 4 bridgehead atoms. The Morgan fingerprint density at radius 3 is 2.12 bits per heavy atom. The van der Waals surface area contributed by atoms with Crippen molar-refractivity contribution >= 4 is 11.9 Å². The maximum atomic E-state index is 12.2. The molecule has 0 heterocycles. The van der Waals surface area contributed by atoms with Crippen molar-refractivity contribution in [1.82, 2.24) is 21.3 Å². The van der Waals surface area contributed by atoms with Crippen LogP contribution in [0.15, 0.2) is 0 Å². The molecule has 0 spiro atoms. The second-order valence-corrected chi connectivity index (χ2v) is 8.14. The molecule has 0 aromatic rings. The average Bonchev–Trinajstić information content (AvgIpc) is 2.49. The number of urea groups is 1.